The highest BCUT2D eigenvalue weighted by molar-refractivity contribution is 6.35. The lowest BCUT2D eigenvalue weighted by Crippen LogP contribution is -2.36. The number of amides is 1. The smallest absolute Gasteiger partial charge is 0.271 e. The van der Waals surface area contributed by atoms with Crippen LogP contribution in [-0.2, 0) is 17.7 Å². The van der Waals surface area contributed by atoms with Crippen molar-refractivity contribution in [3.8, 4) is 0 Å². The van der Waals surface area contributed by atoms with Crippen LogP contribution in [0.2, 0.25) is 10.0 Å². The summed E-state index contributed by atoms with van der Waals surface area (Å²) in [6.45, 7) is 2.49. The zero-order valence-corrected chi connectivity index (χ0v) is 15.5. The largest absolute Gasteiger partial charge is 0.383 e. The second-order valence-corrected chi connectivity index (χ2v) is 6.43. The number of hydrogen-bond donors (Lipinski definition) is 1. The molecule has 1 aromatic carbocycles. The summed E-state index contributed by atoms with van der Waals surface area (Å²) >= 11 is 12.0. The molecule has 0 radical (unpaired) electrons. The Labute approximate surface area is 155 Å². The van der Waals surface area contributed by atoms with E-state index in [4.69, 9.17) is 27.9 Å². The third-order valence-corrected chi connectivity index (χ3v) is 4.11. The first-order valence-electron chi connectivity index (χ1n) is 7.72. The van der Waals surface area contributed by atoms with Gasteiger partial charge in [-0.1, -0.05) is 29.3 Å². The molecule has 1 heterocycles. The number of halogens is 2. The fourth-order valence-corrected chi connectivity index (χ4v) is 2.76. The molecule has 1 unspecified atom stereocenters. The Balaban J connectivity index is 2.04. The molecule has 0 bridgehead atoms. The summed E-state index contributed by atoms with van der Waals surface area (Å²) in [6, 6.07) is 7.80. The molecule has 0 aliphatic carbocycles. The minimum absolute atomic E-state index is 0.171. The molecule has 6 nitrogen and oxygen atoms in total. The third kappa shape index (κ3) is 5.56. The SMILES string of the molecule is COCCn1nc(C(=O)NC(C)Cc2ccc(Cl)cc2Cl)ccc1=O. The lowest BCUT2D eigenvalue weighted by atomic mass is 10.1. The van der Waals surface area contributed by atoms with Crippen LogP contribution in [-0.4, -0.2) is 35.4 Å². The predicted molar refractivity (Wildman–Crippen MR) is 97.5 cm³/mol. The molecule has 1 atom stereocenters. The summed E-state index contributed by atoms with van der Waals surface area (Å²) in [6.07, 6.45) is 0.547. The van der Waals surface area contributed by atoms with Gasteiger partial charge in [-0.15, -0.1) is 0 Å². The van der Waals surface area contributed by atoms with Crippen molar-refractivity contribution in [1.82, 2.24) is 15.1 Å². The van der Waals surface area contributed by atoms with Gasteiger partial charge in [-0.25, -0.2) is 4.68 Å². The summed E-state index contributed by atoms with van der Waals surface area (Å²) in [5.41, 5.74) is 0.774. The van der Waals surface area contributed by atoms with Crippen LogP contribution in [0.15, 0.2) is 35.1 Å². The van der Waals surface area contributed by atoms with Crippen molar-refractivity contribution < 1.29 is 9.53 Å². The molecule has 134 valence electrons. The molecular weight excluding hydrogens is 365 g/mol. The van der Waals surface area contributed by atoms with Gasteiger partial charge in [-0.3, -0.25) is 9.59 Å². The maximum Gasteiger partial charge on any atom is 0.271 e. The number of nitrogens with one attached hydrogen (secondary N) is 1. The van der Waals surface area contributed by atoms with Gasteiger partial charge in [-0.05, 0) is 37.1 Å². The Hall–Kier alpha value is -1.89. The topological polar surface area (TPSA) is 73.2 Å². The number of hydrogen-bond acceptors (Lipinski definition) is 4. The summed E-state index contributed by atoms with van der Waals surface area (Å²) in [5.74, 6) is -0.358. The average molecular weight is 384 g/mol. The standard InChI is InChI=1S/C17H19Cl2N3O3/c1-11(9-12-3-4-13(18)10-14(12)19)20-17(24)15-5-6-16(23)22(21-15)7-8-25-2/h3-6,10-11H,7-9H2,1-2H3,(H,20,24). The Morgan fingerprint density at radius 3 is 2.76 bits per heavy atom. The fraction of sp³-hybridized carbons (Fsp3) is 0.353. The van der Waals surface area contributed by atoms with E-state index in [1.165, 1.54) is 23.9 Å². The number of carbonyl (C=O) groups is 1. The van der Waals surface area contributed by atoms with E-state index in [2.05, 4.69) is 10.4 Å². The Morgan fingerprint density at radius 1 is 1.32 bits per heavy atom. The highest BCUT2D eigenvalue weighted by Gasteiger charge is 2.14. The van der Waals surface area contributed by atoms with Gasteiger partial charge in [0.15, 0.2) is 0 Å². The second-order valence-electron chi connectivity index (χ2n) is 5.59. The van der Waals surface area contributed by atoms with Crippen molar-refractivity contribution in [2.75, 3.05) is 13.7 Å². The van der Waals surface area contributed by atoms with E-state index in [0.717, 1.165) is 5.56 Å². The first-order valence-corrected chi connectivity index (χ1v) is 8.48. The van der Waals surface area contributed by atoms with Crippen LogP contribution in [0.3, 0.4) is 0 Å². The molecule has 1 N–H and O–H groups in total. The molecule has 0 fully saturated rings. The number of ether oxygens (including phenoxy) is 1. The monoisotopic (exact) mass is 383 g/mol. The van der Waals surface area contributed by atoms with Crippen LogP contribution < -0.4 is 10.9 Å². The second kappa shape index (κ2) is 8.99. The van der Waals surface area contributed by atoms with Crippen molar-refractivity contribution in [3.63, 3.8) is 0 Å². The number of aromatic nitrogens is 2. The Morgan fingerprint density at radius 2 is 2.08 bits per heavy atom. The summed E-state index contributed by atoms with van der Waals surface area (Å²) in [4.78, 5) is 24.1. The molecule has 8 heteroatoms. The number of carbonyl (C=O) groups excluding carboxylic acids is 1. The molecule has 2 aromatic rings. The van der Waals surface area contributed by atoms with Gasteiger partial charge in [-0.2, -0.15) is 5.10 Å². The molecular formula is C17H19Cl2N3O3. The highest BCUT2D eigenvalue weighted by Crippen LogP contribution is 2.22. The molecule has 0 saturated heterocycles. The minimum atomic E-state index is -0.358. The molecule has 1 aromatic heterocycles. The van der Waals surface area contributed by atoms with Crippen molar-refractivity contribution in [1.29, 1.82) is 0 Å². The third-order valence-electron chi connectivity index (χ3n) is 3.53. The Kier molecular flexibility index (Phi) is 6.99. The van der Waals surface area contributed by atoms with Gasteiger partial charge in [0.2, 0.25) is 0 Å². The number of nitrogens with zero attached hydrogens (tertiary/aromatic N) is 2. The zero-order valence-electron chi connectivity index (χ0n) is 14.0. The van der Waals surface area contributed by atoms with Crippen LogP contribution in [0, 0.1) is 0 Å². The summed E-state index contributed by atoms with van der Waals surface area (Å²) in [7, 11) is 1.53. The Bertz CT molecular complexity index is 808. The van der Waals surface area contributed by atoms with E-state index in [1.807, 2.05) is 13.0 Å². The number of methoxy groups -OCH3 is 1. The molecule has 2 rings (SSSR count). The highest BCUT2D eigenvalue weighted by atomic mass is 35.5. The van der Waals surface area contributed by atoms with E-state index < -0.39 is 0 Å². The van der Waals surface area contributed by atoms with E-state index in [0.29, 0.717) is 23.1 Å². The fourth-order valence-electron chi connectivity index (χ4n) is 2.27. The molecule has 0 aliphatic heterocycles. The van der Waals surface area contributed by atoms with E-state index in [1.54, 1.807) is 12.1 Å². The van der Waals surface area contributed by atoms with Gasteiger partial charge in [0.05, 0.1) is 13.2 Å². The molecule has 1 amide bonds. The predicted octanol–water partition coefficient (Wildman–Crippen LogP) is 2.56. The van der Waals surface area contributed by atoms with Crippen LogP contribution >= 0.6 is 23.2 Å². The van der Waals surface area contributed by atoms with E-state index >= 15 is 0 Å². The van der Waals surface area contributed by atoms with Gasteiger partial charge in [0, 0.05) is 29.3 Å². The van der Waals surface area contributed by atoms with Gasteiger partial charge in [0.25, 0.3) is 11.5 Å². The van der Waals surface area contributed by atoms with Crippen molar-refractivity contribution in [2.45, 2.75) is 25.9 Å². The average Bonchev–Trinajstić information content (AvgIpc) is 2.56. The van der Waals surface area contributed by atoms with Crippen LogP contribution in [0.4, 0.5) is 0 Å². The van der Waals surface area contributed by atoms with Gasteiger partial charge in [0.1, 0.15) is 5.69 Å². The molecule has 0 spiro atoms. The van der Waals surface area contributed by atoms with E-state index in [9.17, 15) is 9.59 Å². The minimum Gasteiger partial charge on any atom is -0.383 e. The molecule has 0 saturated carbocycles. The quantitative estimate of drug-likeness (QED) is 0.797. The van der Waals surface area contributed by atoms with Gasteiger partial charge >= 0.3 is 0 Å². The zero-order chi connectivity index (χ0) is 18.4. The first-order chi connectivity index (χ1) is 11.9. The maximum absolute atomic E-state index is 12.3. The van der Waals surface area contributed by atoms with Gasteiger partial charge < -0.3 is 10.1 Å². The lowest BCUT2D eigenvalue weighted by Gasteiger charge is -2.15. The number of benzene rings is 1. The summed E-state index contributed by atoms with van der Waals surface area (Å²) < 4.78 is 6.14. The van der Waals surface area contributed by atoms with Crippen molar-refractivity contribution >= 4 is 29.1 Å². The lowest BCUT2D eigenvalue weighted by molar-refractivity contribution is 0.0931. The van der Waals surface area contributed by atoms with Crippen molar-refractivity contribution in [2.24, 2.45) is 0 Å². The number of rotatable bonds is 7. The van der Waals surface area contributed by atoms with Crippen LogP contribution in [0.5, 0.6) is 0 Å². The van der Waals surface area contributed by atoms with Crippen molar-refractivity contribution in [3.05, 3.63) is 62.0 Å². The van der Waals surface area contributed by atoms with Crippen LogP contribution in [0.25, 0.3) is 0 Å². The van der Waals surface area contributed by atoms with Crippen LogP contribution in [0.1, 0.15) is 23.0 Å². The van der Waals surface area contributed by atoms with E-state index in [-0.39, 0.29) is 29.7 Å². The normalized spacial score (nSPS) is 12.0. The molecule has 25 heavy (non-hydrogen) atoms. The maximum atomic E-state index is 12.3. The molecule has 0 aliphatic rings. The summed E-state index contributed by atoms with van der Waals surface area (Å²) in [5, 5.41) is 8.04. The first kappa shape index (κ1) is 19.4.